The van der Waals surface area contributed by atoms with Gasteiger partial charge in [0.25, 0.3) is 0 Å². The Morgan fingerprint density at radius 1 is 1.44 bits per heavy atom. The Morgan fingerprint density at radius 2 is 2.19 bits per heavy atom. The fourth-order valence-electron chi connectivity index (χ4n) is 1.15. The largest absolute Gasteiger partial charge is 0.502 e. The van der Waals surface area contributed by atoms with Gasteiger partial charge in [0.1, 0.15) is 0 Å². The number of phenolic OH excluding ortho intramolecular Hbond substituents is 1. The summed E-state index contributed by atoms with van der Waals surface area (Å²) in [6.45, 7) is 0. The standard InChI is InChI=1S/C8H6N4O4/c9-8-11-10-7(16-8)4-1-2-6(13)5(3-4)12(14)15/h1-3,13H,(H2,9,11). The zero-order valence-corrected chi connectivity index (χ0v) is 7.82. The Bertz CT molecular complexity index is 551. The molecule has 82 valence electrons. The predicted octanol–water partition coefficient (Wildman–Crippen LogP) is 0.933. The number of aromatic nitrogens is 2. The van der Waals surface area contributed by atoms with Crippen LogP contribution in [0.5, 0.6) is 5.75 Å². The Labute approximate surface area is 88.5 Å². The number of phenols is 1. The molecule has 0 spiro atoms. The van der Waals surface area contributed by atoms with E-state index in [1.165, 1.54) is 12.1 Å². The number of nitrogen functional groups attached to an aromatic ring is 1. The van der Waals surface area contributed by atoms with E-state index in [4.69, 9.17) is 10.2 Å². The highest BCUT2D eigenvalue weighted by molar-refractivity contribution is 5.62. The van der Waals surface area contributed by atoms with E-state index in [1.54, 1.807) is 0 Å². The third-order valence-corrected chi connectivity index (χ3v) is 1.86. The molecule has 3 N–H and O–H groups in total. The molecule has 0 saturated carbocycles. The molecule has 0 saturated heterocycles. The maximum absolute atomic E-state index is 10.6. The summed E-state index contributed by atoms with van der Waals surface area (Å²) in [5.41, 5.74) is 5.10. The van der Waals surface area contributed by atoms with Gasteiger partial charge in [-0.1, -0.05) is 5.10 Å². The zero-order chi connectivity index (χ0) is 11.7. The van der Waals surface area contributed by atoms with Gasteiger partial charge in [-0.15, -0.1) is 5.10 Å². The van der Waals surface area contributed by atoms with Crippen LogP contribution in [0.1, 0.15) is 0 Å². The number of aromatic hydroxyl groups is 1. The van der Waals surface area contributed by atoms with Gasteiger partial charge in [-0.05, 0) is 12.1 Å². The van der Waals surface area contributed by atoms with Crippen LogP contribution in [0.15, 0.2) is 22.6 Å². The van der Waals surface area contributed by atoms with E-state index in [-0.39, 0.29) is 11.9 Å². The summed E-state index contributed by atoms with van der Waals surface area (Å²) >= 11 is 0. The molecule has 0 atom stereocenters. The van der Waals surface area contributed by atoms with E-state index in [0.717, 1.165) is 6.07 Å². The predicted molar refractivity (Wildman–Crippen MR) is 52.5 cm³/mol. The highest BCUT2D eigenvalue weighted by Crippen LogP contribution is 2.30. The van der Waals surface area contributed by atoms with Gasteiger partial charge in [-0.25, -0.2) is 0 Å². The van der Waals surface area contributed by atoms with Crippen LogP contribution in [0.4, 0.5) is 11.7 Å². The maximum Gasteiger partial charge on any atom is 0.313 e. The van der Waals surface area contributed by atoms with Crippen LogP contribution in [-0.2, 0) is 0 Å². The fourth-order valence-corrected chi connectivity index (χ4v) is 1.15. The SMILES string of the molecule is Nc1nnc(-c2ccc(O)c([N+](=O)[O-])c2)o1. The van der Waals surface area contributed by atoms with Crippen molar-refractivity contribution in [2.45, 2.75) is 0 Å². The van der Waals surface area contributed by atoms with Gasteiger partial charge < -0.3 is 15.3 Å². The van der Waals surface area contributed by atoms with Crippen LogP contribution < -0.4 is 5.73 Å². The van der Waals surface area contributed by atoms with Crippen molar-refractivity contribution in [3.63, 3.8) is 0 Å². The summed E-state index contributed by atoms with van der Waals surface area (Å²) in [7, 11) is 0. The van der Waals surface area contributed by atoms with Gasteiger partial charge in [0, 0.05) is 11.6 Å². The molecule has 16 heavy (non-hydrogen) atoms. The number of nitrogens with two attached hydrogens (primary N) is 1. The van der Waals surface area contributed by atoms with Crippen molar-refractivity contribution in [1.82, 2.24) is 10.2 Å². The lowest BCUT2D eigenvalue weighted by atomic mass is 10.2. The minimum atomic E-state index is -0.710. The zero-order valence-electron chi connectivity index (χ0n) is 7.82. The second-order valence-electron chi connectivity index (χ2n) is 2.91. The quantitative estimate of drug-likeness (QED) is 0.571. The van der Waals surface area contributed by atoms with Crippen LogP contribution in [0, 0.1) is 10.1 Å². The van der Waals surface area contributed by atoms with E-state index in [9.17, 15) is 15.2 Å². The number of anilines is 1. The molecule has 2 rings (SSSR count). The molecule has 0 fully saturated rings. The van der Waals surface area contributed by atoms with Gasteiger partial charge in [0.2, 0.25) is 5.89 Å². The smallest absolute Gasteiger partial charge is 0.313 e. The summed E-state index contributed by atoms with van der Waals surface area (Å²) < 4.78 is 4.90. The van der Waals surface area contributed by atoms with Crippen molar-refractivity contribution in [2.24, 2.45) is 0 Å². The Morgan fingerprint density at radius 3 is 2.75 bits per heavy atom. The molecule has 0 unspecified atom stereocenters. The van der Waals surface area contributed by atoms with E-state index < -0.39 is 16.4 Å². The summed E-state index contributed by atoms with van der Waals surface area (Å²) in [4.78, 5) is 9.85. The normalized spacial score (nSPS) is 10.2. The molecule has 1 aromatic heterocycles. The van der Waals surface area contributed by atoms with Crippen molar-refractivity contribution >= 4 is 11.7 Å². The van der Waals surface area contributed by atoms with Crippen LogP contribution in [0.3, 0.4) is 0 Å². The van der Waals surface area contributed by atoms with E-state index in [2.05, 4.69) is 10.2 Å². The number of nitrogens with zero attached hydrogens (tertiary/aromatic N) is 3. The van der Waals surface area contributed by atoms with Gasteiger partial charge in [-0.2, -0.15) is 0 Å². The Hall–Kier alpha value is -2.64. The maximum atomic E-state index is 10.6. The first-order valence-corrected chi connectivity index (χ1v) is 4.14. The lowest BCUT2D eigenvalue weighted by Crippen LogP contribution is -1.89. The van der Waals surface area contributed by atoms with Crippen molar-refractivity contribution in [1.29, 1.82) is 0 Å². The Balaban J connectivity index is 2.51. The molecule has 8 heteroatoms. The molecule has 0 aliphatic rings. The molecular formula is C8H6N4O4. The first-order valence-electron chi connectivity index (χ1n) is 4.14. The summed E-state index contributed by atoms with van der Waals surface area (Å²) in [6, 6.07) is 3.58. The third kappa shape index (κ3) is 1.63. The van der Waals surface area contributed by atoms with Crippen LogP contribution in [-0.4, -0.2) is 20.2 Å². The number of rotatable bonds is 2. The molecule has 0 bridgehead atoms. The third-order valence-electron chi connectivity index (χ3n) is 1.86. The number of nitro benzene ring substituents is 1. The molecule has 1 aromatic carbocycles. The second kappa shape index (κ2) is 3.50. The van der Waals surface area contributed by atoms with Gasteiger partial charge in [-0.3, -0.25) is 10.1 Å². The molecule has 0 amide bonds. The van der Waals surface area contributed by atoms with Crippen LogP contribution in [0.25, 0.3) is 11.5 Å². The monoisotopic (exact) mass is 222 g/mol. The fraction of sp³-hybridized carbons (Fsp3) is 0. The van der Waals surface area contributed by atoms with Gasteiger partial charge in [0.05, 0.1) is 4.92 Å². The molecule has 0 aliphatic carbocycles. The first-order chi connectivity index (χ1) is 7.58. The molecule has 2 aromatic rings. The average molecular weight is 222 g/mol. The highest BCUT2D eigenvalue weighted by atomic mass is 16.6. The highest BCUT2D eigenvalue weighted by Gasteiger charge is 2.16. The number of benzene rings is 1. The summed E-state index contributed by atoms with van der Waals surface area (Å²) in [6.07, 6.45) is 0. The van der Waals surface area contributed by atoms with Crippen molar-refractivity contribution in [3.05, 3.63) is 28.3 Å². The van der Waals surface area contributed by atoms with E-state index in [1.807, 2.05) is 0 Å². The van der Waals surface area contributed by atoms with E-state index >= 15 is 0 Å². The lowest BCUT2D eigenvalue weighted by Gasteiger charge is -1.97. The second-order valence-corrected chi connectivity index (χ2v) is 2.91. The average Bonchev–Trinajstić information content (AvgIpc) is 2.65. The van der Waals surface area contributed by atoms with Gasteiger partial charge >= 0.3 is 11.7 Å². The van der Waals surface area contributed by atoms with Crippen LogP contribution in [0.2, 0.25) is 0 Å². The van der Waals surface area contributed by atoms with Gasteiger partial charge in [0.15, 0.2) is 5.75 Å². The topological polar surface area (TPSA) is 128 Å². The van der Waals surface area contributed by atoms with Crippen molar-refractivity contribution < 1.29 is 14.4 Å². The Kier molecular flexibility index (Phi) is 2.16. The van der Waals surface area contributed by atoms with Crippen LogP contribution >= 0.6 is 0 Å². The molecule has 0 radical (unpaired) electrons. The van der Waals surface area contributed by atoms with E-state index in [0.29, 0.717) is 5.56 Å². The minimum absolute atomic E-state index is 0.0561. The molecule has 8 nitrogen and oxygen atoms in total. The van der Waals surface area contributed by atoms with Crippen molar-refractivity contribution in [2.75, 3.05) is 5.73 Å². The molecule has 1 heterocycles. The summed E-state index contributed by atoms with van der Waals surface area (Å²) in [5.74, 6) is -0.373. The molecular weight excluding hydrogens is 216 g/mol. The number of hydrogen-bond acceptors (Lipinski definition) is 7. The number of hydrogen-bond donors (Lipinski definition) is 2. The first kappa shape index (κ1) is 9.90. The summed E-state index contributed by atoms with van der Waals surface area (Å²) in [5, 5.41) is 26.8. The number of nitro groups is 1. The molecule has 0 aliphatic heterocycles. The lowest BCUT2D eigenvalue weighted by molar-refractivity contribution is -0.385. The minimum Gasteiger partial charge on any atom is -0.502 e. The van der Waals surface area contributed by atoms with Crippen molar-refractivity contribution in [3.8, 4) is 17.2 Å².